The van der Waals surface area contributed by atoms with Gasteiger partial charge in [0.1, 0.15) is 0 Å². The minimum atomic E-state index is 0.0258. The lowest BCUT2D eigenvalue weighted by Crippen LogP contribution is -2.04. The van der Waals surface area contributed by atoms with Crippen molar-refractivity contribution in [3.05, 3.63) is 228 Å². The van der Waals surface area contributed by atoms with Crippen molar-refractivity contribution in [3.8, 4) is 11.1 Å². The van der Waals surface area contributed by atoms with Gasteiger partial charge in [0.05, 0.1) is 0 Å². The summed E-state index contributed by atoms with van der Waals surface area (Å²) >= 11 is 0. The highest BCUT2D eigenvalue weighted by Gasteiger charge is 2.20. The van der Waals surface area contributed by atoms with E-state index in [1.807, 2.05) is 48.5 Å². The highest BCUT2D eigenvalue weighted by atomic mass is 14.5. The fraction of sp³-hybridized carbons (Fsp3) is 0.0370. The van der Waals surface area contributed by atoms with Gasteiger partial charge in [-0.1, -0.05) is 146 Å². The van der Waals surface area contributed by atoms with Crippen LogP contribution in [0, 0.1) is 0 Å². The first-order chi connectivity index (χ1) is 28.3. The predicted octanol–water partition coefficient (Wildman–Crippen LogP) is 12.7. The Kier molecular flexibility index (Phi) is 8.53. The van der Waals surface area contributed by atoms with Gasteiger partial charge in [0.25, 0.3) is 0 Å². The Bertz CT molecular complexity index is 2780. The van der Waals surface area contributed by atoms with E-state index in [-0.39, 0.29) is 11.8 Å². The summed E-state index contributed by atoms with van der Waals surface area (Å²) in [5, 5.41) is 9.21. The molecule has 0 bridgehead atoms. The fourth-order valence-electron chi connectivity index (χ4n) is 8.74. The molecule has 4 nitrogen and oxygen atoms in total. The second-order valence-corrected chi connectivity index (χ2v) is 15.6. The topological polar surface area (TPSA) is 104 Å². The normalized spacial score (nSPS) is 11.7. The Balaban J connectivity index is 1.02. The van der Waals surface area contributed by atoms with Crippen molar-refractivity contribution in [2.45, 2.75) is 11.8 Å². The Hall–Kier alpha value is -7.56. The zero-order valence-electron chi connectivity index (χ0n) is 31.9. The van der Waals surface area contributed by atoms with Gasteiger partial charge < -0.3 is 22.9 Å². The van der Waals surface area contributed by atoms with Crippen LogP contribution in [-0.4, -0.2) is 0 Å². The molecule has 0 saturated carbocycles. The molecular formula is C54H42N4. The molecule has 4 heteroatoms. The van der Waals surface area contributed by atoms with Crippen LogP contribution in [0.15, 0.2) is 194 Å². The van der Waals surface area contributed by atoms with Crippen LogP contribution in [0.4, 0.5) is 22.7 Å². The molecule has 0 aliphatic heterocycles. The van der Waals surface area contributed by atoms with Gasteiger partial charge in [-0.3, -0.25) is 0 Å². The number of anilines is 4. The zero-order valence-corrected chi connectivity index (χ0v) is 31.9. The maximum absolute atomic E-state index is 6.13. The number of rotatable bonds is 7. The standard InChI is InChI=1S/C54H42N4/c55-49-21-17-37-25-45(13-9-41(37)29-49)53(46-14-10-42-30-50(56)22-18-38(42)26-46)35-5-1-33(2-6-35)34-3-7-36(8-4-34)54(47-15-11-43-31-51(57)23-19-39(43)27-47)48-16-12-44-32-52(58)24-20-40(44)28-48/h1-32,53-54H,55-58H2. The van der Waals surface area contributed by atoms with Crippen molar-refractivity contribution in [1.82, 2.24) is 0 Å². The first kappa shape index (κ1) is 34.9. The van der Waals surface area contributed by atoms with Gasteiger partial charge in [0.15, 0.2) is 0 Å². The summed E-state index contributed by atoms with van der Waals surface area (Å²) in [5.74, 6) is 0.0516. The summed E-state index contributed by atoms with van der Waals surface area (Å²) in [6.07, 6.45) is 0. The van der Waals surface area contributed by atoms with E-state index in [4.69, 9.17) is 22.9 Å². The molecule has 0 unspecified atom stereocenters. The van der Waals surface area contributed by atoms with E-state index >= 15 is 0 Å². The van der Waals surface area contributed by atoms with E-state index in [2.05, 4.69) is 146 Å². The third-order valence-electron chi connectivity index (χ3n) is 11.7. The van der Waals surface area contributed by atoms with Gasteiger partial charge in [-0.15, -0.1) is 0 Å². The smallest absolute Gasteiger partial charge is 0.0340 e. The van der Waals surface area contributed by atoms with Crippen LogP contribution in [0.3, 0.4) is 0 Å². The highest BCUT2D eigenvalue weighted by molar-refractivity contribution is 5.90. The van der Waals surface area contributed by atoms with E-state index in [0.29, 0.717) is 0 Å². The minimum Gasteiger partial charge on any atom is -0.399 e. The molecule has 0 saturated heterocycles. The monoisotopic (exact) mass is 746 g/mol. The van der Waals surface area contributed by atoms with Gasteiger partial charge in [-0.25, -0.2) is 0 Å². The summed E-state index contributed by atoms with van der Waals surface area (Å²) < 4.78 is 0. The molecule has 58 heavy (non-hydrogen) atoms. The number of nitrogens with two attached hydrogens (primary N) is 4. The number of hydrogen-bond acceptors (Lipinski definition) is 4. The third-order valence-corrected chi connectivity index (χ3v) is 11.7. The molecule has 10 rings (SSSR count). The largest absolute Gasteiger partial charge is 0.399 e. The van der Waals surface area contributed by atoms with Crippen molar-refractivity contribution in [3.63, 3.8) is 0 Å². The lowest BCUT2D eigenvalue weighted by Gasteiger charge is -2.21. The van der Waals surface area contributed by atoms with Crippen LogP contribution in [0.1, 0.15) is 45.2 Å². The van der Waals surface area contributed by atoms with Crippen molar-refractivity contribution in [2.24, 2.45) is 0 Å². The maximum atomic E-state index is 6.13. The zero-order chi connectivity index (χ0) is 39.3. The lowest BCUT2D eigenvalue weighted by molar-refractivity contribution is 0.982. The molecule has 10 aromatic carbocycles. The second-order valence-electron chi connectivity index (χ2n) is 15.6. The van der Waals surface area contributed by atoms with E-state index < -0.39 is 0 Å². The van der Waals surface area contributed by atoms with E-state index in [9.17, 15) is 0 Å². The maximum Gasteiger partial charge on any atom is 0.0340 e. The molecule has 0 heterocycles. The second kappa shape index (κ2) is 14.2. The molecule has 0 atom stereocenters. The van der Waals surface area contributed by atoms with E-state index in [1.165, 1.54) is 66.1 Å². The Morgan fingerprint density at radius 2 is 0.414 bits per heavy atom. The van der Waals surface area contributed by atoms with Crippen molar-refractivity contribution in [2.75, 3.05) is 22.9 Å². The quantitative estimate of drug-likeness (QED) is 0.0962. The SMILES string of the molecule is Nc1ccc2cc(C(c3ccc(-c4ccc(C(c5ccc6cc(N)ccc6c5)c5ccc6cc(N)ccc6c5)cc4)cc3)c3ccc4cc(N)ccc4c3)ccc2c1. The predicted molar refractivity (Wildman–Crippen MR) is 247 cm³/mol. The highest BCUT2D eigenvalue weighted by Crippen LogP contribution is 2.39. The van der Waals surface area contributed by atoms with Crippen LogP contribution in [0.2, 0.25) is 0 Å². The minimum absolute atomic E-state index is 0.0258. The molecule has 0 fully saturated rings. The molecule has 0 amide bonds. The van der Waals surface area contributed by atoms with Gasteiger partial charge in [-0.2, -0.15) is 0 Å². The van der Waals surface area contributed by atoms with Gasteiger partial charge in [0, 0.05) is 34.6 Å². The number of benzene rings is 10. The Labute approximate surface area is 338 Å². The van der Waals surface area contributed by atoms with Gasteiger partial charge in [0.2, 0.25) is 0 Å². The lowest BCUT2D eigenvalue weighted by atomic mass is 9.82. The molecule has 0 spiro atoms. The van der Waals surface area contributed by atoms with Gasteiger partial charge >= 0.3 is 0 Å². The molecule has 0 aliphatic rings. The number of fused-ring (bicyclic) bond motifs is 4. The average Bonchev–Trinajstić information content (AvgIpc) is 3.24. The number of nitrogen functional groups attached to an aromatic ring is 4. The van der Waals surface area contributed by atoms with Crippen LogP contribution in [0.25, 0.3) is 54.2 Å². The van der Waals surface area contributed by atoms with Crippen LogP contribution in [0.5, 0.6) is 0 Å². The van der Waals surface area contributed by atoms with Crippen molar-refractivity contribution >= 4 is 65.8 Å². The fourth-order valence-corrected chi connectivity index (χ4v) is 8.74. The van der Waals surface area contributed by atoms with Crippen molar-refractivity contribution < 1.29 is 0 Å². The molecular weight excluding hydrogens is 705 g/mol. The summed E-state index contributed by atoms with van der Waals surface area (Å²) in [5.41, 5.74) is 37.3. The van der Waals surface area contributed by atoms with Crippen LogP contribution < -0.4 is 22.9 Å². The van der Waals surface area contributed by atoms with Crippen LogP contribution >= 0.6 is 0 Å². The summed E-state index contributed by atoms with van der Waals surface area (Å²) in [6, 6.07) is 69.4. The summed E-state index contributed by atoms with van der Waals surface area (Å²) in [4.78, 5) is 0. The first-order valence-electron chi connectivity index (χ1n) is 19.7. The summed E-state index contributed by atoms with van der Waals surface area (Å²) in [6.45, 7) is 0. The Morgan fingerprint density at radius 1 is 0.207 bits per heavy atom. The first-order valence-corrected chi connectivity index (χ1v) is 19.7. The molecule has 0 aromatic heterocycles. The molecule has 10 aromatic rings. The van der Waals surface area contributed by atoms with E-state index in [0.717, 1.165) is 44.3 Å². The number of hydrogen-bond donors (Lipinski definition) is 4. The van der Waals surface area contributed by atoms with Crippen LogP contribution in [-0.2, 0) is 0 Å². The summed E-state index contributed by atoms with van der Waals surface area (Å²) in [7, 11) is 0. The molecule has 278 valence electrons. The van der Waals surface area contributed by atoms with E-state index in [1.54, 1.807) is 0 Å². The average molecular weight is 747 g/mol. The van der Waals surface area contributed by atoms with Crippen molar-refractivity contribution in [1.29, 1.82) is 0 Å². The van der Waals surface area contributed by atoms with Gasteiger partial charge in [-0.05, 0) is 136 Å². The molecule has 8 N–H and O–H groups in total. The third kappa shape index (κ3) is 6.61. The molecule has 0 radical (unpaired) electrons. The Morgan fingerprint density at radius 3 is 0.672 bits per heavy atom. The molecule has 0 aliphatic carbocycles.